The number of hydrogen-bond donors (Lipinski definition) is 2. The van der Waals surface area contributed by atoms with Crippen molar-refractivity contribution in [3.63, 3.8) is 0 Å². The summed E-state index contributed by atoms with van der Waals surface area (Å²) in [6.45, 7) is 7.24. The van der Waals surface area contributed by atoms with Gasteiger partial charge in [-0.3, -0.25) is 0 Å². The van der Waals surface area contributed by atoms with Gasteiger partial charge in [0.2, 0.25) is 5.88 Å². The number of aromatic nitrogens is 2. The summed E-state index contributed by atoms with van der Waals surface area (Å²) < 4.78 is 5.75. The molecule has 2 aromatic heterocycles. The van der Waals surface area contributed by atoms with Crippen LogP contribution >= 0.6 is 35.3 Å². The van der Waals surface area contributed by atoms with Crippen LogP contribution in [0.1, 0.15) is 42.1 Å². The van der Waals surface area contributed by atoms with Crippen LogP contribution in [0.4, 0.5) is 0 Å². The fourth-order valence-corrected chi connectivity index (χ4v) is 3.40. The number of pyridine rings is 1. The lowest BCUT2D eigenvalue weighted by Gasteiger charge is -2.11. The first-order chi connectivity index (χ1) is 13.3. The van der Waals surface area contributed by atoms with Crippen LogP contribution in [0.5, 0.6) is 5.88 Å². The Labute approximate surface area is 188 Å². The fraction of sp³-hybridized carbons (Fsp3) is 0.550. The van der Waals surface area contributed by atoms with E-state index in [1.807, 2.05) is 18.3 Å². The number of thiazole rings is 1. The van der Waals surface area contributed by atoms with Gasteiger partial charge in [0, 0.05) is 42.8 Å². The number of guanidine groups is 1. The number of ether oxygens (including phenoxy) is 1. The second-order valence-corrected chi connectivity index (χ2v) is 7.90. The summed E-state index contributed by atoms with van der Waals surface area (Å²) in [5.41, 5.74) is 1.10. The van der Waals surface area contributed by atoms with Crippen LogP contribution in [0.15, 0.2) is 29.5 Å². The third-order valence-electron chi connectivity index (χ3n) is 4.31. The summed E-state index contributed by atoms with van der Waals surface area (Å²) in [5, 5.41) is 7.85. The minimum atomic E-state index is 0. The van der Waals surface area contributed by atoms with Crippen molar-refractivity contribution < 1.29 is 4.74 Å². The summed E-state index contributed by atoms with van der Waals surface area (Å²) in [6, 6.07) is 3.97. The van der Waals surface area contributed by atoms with E-state index in [4.69, 9.17) is 4.74 Å². The highest BCUT2D eigenvalue weighted by atomic mass is 127. The number of nitrogens with zero attached hydrogens (tertiary/aromatic N) is 3. The second kappa shape index (κ2) is 12.2. The van der Waals surface area contributed by atoms with E-state index in [9.17, 15) is 0 Å². The van der Waals surface area contributed by atoms with Crippen molar-refractivity contribution in [3.05, 3.63) is 40.0 Å². The van der Waals surface area contributed by atoms with E-state index >= 15 is 0 Å². The molecule has 6 nitrogen and oxygen atoms in total. The normalized spacial score (nSPS) is 13.7. The molecule has 3 rings (SSSR count). The Kier molecular flexibility index (Phi) is 9.97. The lowest BCUT2D eigenvalue weighted by molar-refractivity contribution is 0.288. The van der Waals surface area contributed by atoms with Gasteiger partial charge in [-0.15, -0.1) is 35.3 Å². The summed E-state index contributed by atoms with van der Waals surface area (Å²) in [7, 11) is 0. The van der Waals surface area contributed by atoms with Crippen molar-refractivity contribution in [2.75, 3.05) is 19.7 Å². The van der Waals surface area contributed by atoms with E-state index in [2.05, 4.69) is 39.4 Å². The quantitative estimate of drug-likeness (QED) is 0.286. The lowest BCUT2D eigenvalue weighted by Crippen LogP contribution is -2.38. The zero-order valence-electron chi connectivity index (χ0n) is 16.6. The van der Waals surface area contributed by atoms with Gasteiger partial charge in [0.25, 0.3) is 0 Å². The van der Waals surface area contributed by atoms with Gasteiger partial charge in [-0.25, -0.2) is 15.0 Å². The molecule has 154 valence electrons. The SMILES string of the molecule is CCNC(=NCc1ccnc(OCC2CC2)c1)NCCc1ncc(CC)s1.I. The number of hydrogen-bond acceptors (Lipinski definition) is 5. The average Bonchev–Trinajstić information content (AvgIpc) is 3.41. The molecule has 2 aromatic rings. The van der Waals surface area contributed by atoms with Crippen molar-refractivity contribution in [1.29, 1.82) is 0 Å². The molecule has 0 aliphatic heterocycles. The average molecular weight is 515 g/mol. The summed E-state index contributed by atoms with van der Waals surface area (Å²) in [6.07, 6.45) is 8.29. The molecule has 1 fully saturated rings. The predicted octanol–water partition coefficient (Wildman–Crippen LogP) is 3.81. The molecule has 0 radical (unpaired) electrons. The van der Waals surface area contributed by atoms with Crippen molar-refractivity contribution in [1.82, 2.24) is 20.6 Å². The van der Waals surface area contributed by atoms with Crippen LogP contribution in [-0.4, -0.2) is 35.6 Å². The van der Waals surface area contributed by atoms with Gasteiger partial charge in [-0.05, 0) is 43.7 Å². The van der Waals surface area contributed by atoms with Crippen molar-refractivity contribution in [3.8, 4) is 5.88 Å². The topological polar surface area (TPSA) is 71.4 Å². The van der Waals surface area contributed by atoms with E-state index in [1.54, 1.807) is 17.5 Å². The fourth-order valence-electron chi connectivity index (χ4n) is 2.54. The molecule has 0 saturated heterocycles. The van der Waals surface area contributed by atoms with E-state index in [1.165, 1.54) is 22.7 Å². The molecule has 0 spiro atoms. The number of halogens is 1. The Morgan fingerprint density at radius 3 is 2.86 bits per heavy atom. The van der Waals surface area contributed by atoms with Crippen LogP contribution in [0.3, 0.4) is 0 Å². The predicted molar refractivity (Wildman–Crippen MR) is 126 cm³/mol. The Morgan fingerprint density at radius 1 is 1.29 bits per heavy atom. The van der Waals surface area contributed by atoms with Gasteiger partial charge in [-0.2, -0.15) is 0 Å². The lowest BCUT2D eigenvalue weighted by atomic mass is 10.3. The third kappa shape index (κ3) is 7.90. The smallest absolute Gasteiger partial charge is 0.213 e. The van der Waals surface area contributed by atoms with E-state index in [0.717, 1.165) is 50.0 Å². The molecule has 0 atom stereocenters. The molecule has 1 saturated carbocycles. The molecule has 0 unspecified atom stereocenters. The van der Waals surface area contributed by atoms with Gasteiger partial charge in [0.15, 0.2) is 5.96 Å². The Morgan fingerprint density at radius 2 is 2.14 bits per heavy atom. The standard InChI is InChI=1S/C20H29N5OS.HI/c1-3-17-13-24-19(27-17)8-10-23-20(21-4-2)25-12-16-7-9-22-18(11-16)26-14-15-5-6-15;/h7,9,11,13,15H,3-6,8,10,12,14H2,1-2H3,(H2,21,23,25);1H. The minimum Gasteiger partial charge on any atom is -0.477 e. The first-order valence-electron chi connectivity index (χ1n) is 9.80. The zero-order valence-corrected chi connectivity index (χ0v) is 19.8. The highest BCUT2D eigenvalue weighted by molar-refractivity contribution is 14.0. The number of aryl methyl sites for hydroxylation is 1. The van der Waals surface area contributed by atoms with Gasteiger partial charge < -0.3 is 15.4 Å². The maximum Gasteiger partial charge on any atom is 0.213 e. The molecular weight excluding hydrogens is 485 g/mol. The molecular formula is C20H30IN5OS. The Balaban J connectivity index is 0.00000280. The molecule has 2 heterocycles. The maximum absolute atomic E-state index is 5.75. The summed E-state index contributed by atoms with van der Waals surface area (Å²) in [4.78, 5) is 14.8. The largest absolute Gasteiger partial charge is 0.477 e. The molecule has 0 bridgehead atoms. The molecule has 8 heteroatoms. The molecule has 1 aliphatic rings. The molecule has 0 aromatic carbocycles. The molecule has 0 amide bonds. The van der Waals surface area contributed by atoms with Crippen LogP contribution in [-0.2, 0) is 19.4 Å². The minimum absolute atomic E-state index is 0. The maximum atomic E-state index is 5.75. The van der Waals surface area contributed by atoms with Gasteiger partial charge in [-0.1, -0.05) is 6.92 Å². The summed E-state index contributed by atoms with van der Waals surface area (Å²) in [5.74, 6) is 2.24. The second-order valence-electron chi connectivity index (χ2n) is 6.70. The number of nitrogens with one attached hydrogen (secondary N) is 2. The number of rotatable bonds is 10. The van der Waals surface area contributed by atoms with Crippen molar-refractivity contribution in [2.24, 2.45) is 10.9 Å². The van der Waals surface area contributed by atoms with Crippen molar-refractivity contribution >= 4 is 41.3 Å². The van der Waals surface area contributed by atoms with Crippen molar-refractivity contribution in [2.45, 2.75) is 46.1 Å². The van der Waals surface area contributed by atoms with Crippen LogP contribution in [0, 0.1) is 5.92 Å². The molecule has 2 N–H and O–H groups in total. The van der Waals surface area contributed by atoms with Crippen LogP contribution < -0.4 is 15.4 Å². The van der Waals surface area contributed by atoms with Crippen LogP contribution in [0.2, 0.25) is 0 Å². The highest BCUT2D eigenvalue weighted by Gasteiger charge is 2.22. The summed E-state index contributed by atoms with van der Waals surface area (Å²) >= 11 is 1.79. The Bertz CT molecular complexity index is 748. The highest BCUT2D eigenvalue weighted by Crippen LogP contribution is 2.29. The van der Waals surface area contributed by atoms with Gasteiger partial charge in [0.1, 0.15) is 0 Å². The number of aliphatic imine (C=N–C) groups is 1. The molecule has 28 heavy (non-hydrogen) atoms. The first kappa shape index (κ1) is 22.9. The Hall–Kier alpha value is -1.42. The van der Waals surface area contributed by atoms with Crippen LogP contribution in [0.25, 0.3) is 0 Å². The van der Waals surface area contributed by atoms with E-state index in [0.29, 0.717) is 12.4 Å². The van der Waals surface area contributed by atoms with Gasteiger partial charge >= 0.3 is 0 Å². The third-order valence-corrected chi connectivity index (χ3v) is 5.51. The zero-order chi connectivity index (χ0) is 18.9. The van der Waals surface area contributed by atoms with E-state index < -0.39 is 0 Å². The molecule has 1 aliphatic carbocycles. The monoisotopic (exact) mass is 515 g/mol. The van der Waals surface area contributed by atoms with Gasteiger partial charge in [0.05, 0.1) is 18.2 Å². The first-order valence-corrected chi connectivity index (χ1v) is 10.6. The van der Waals surface area contributed by atoms with E-state index in [-0.39, 0.29) is 24.0 Å².